The van der Waals surface area contributed by atoms with Gasteiger partial charge in [0.1, 0.15) is 6.61 Å². The Kier molecular flexibility index (Phi) is 5.76. The number of hydrogen-bond donors (Lipinski definition) is 1. The number of sulfone groups is 1. The molecule has 1 amide bonds. The Labute approximate surface area is 136 Å². The van der Waals surface area contributed by atoms with E-state index in [2.05, 4.69) is 5.32 Å². The van der Waals surface area contributed by atoms with Crippen molar-refractivity contribution in [2.75, 3.05) is 12.8 Å². The third-order valence-electron chi connectivity index (χ3n) is 3.25. The van der Waals surface area contributed by atoms with Crippen molar-refractivity contribution in [1.82, 2.24) is 5.32 Å². The molecule has 0 fully saturated rings. The van der Waals surface area contributed by atoms with Crippen LogP contribution in [0.1, 0.15) is 11.1 Å². The summed E-state index contributed by atoms with van der Waals surface area (Å²) in [6.07, 6.45) is 1.30. The van der Waals surface area contributed by atoms with Crippen LogP contribution in [0.5, 0.6) is 0 Å². The maximum atomic E-state index is 11.6. The molecular formula is C17H19NO4S. The molecule has 0 aromatic heterocycles. The quantitative estimate of drug-likeness (QED) is 0.882. The van der Waals surface area contributed by atoms with Gasteiger partial charge < -0.3 is 10.1 Å². The van der Waals surface area contributed by atoms with Crippen molar-refractivity contribution in [2.45, 2.75) is 17.9 Å². The first-order valence-corrected chi connectivity index (χ1v) is 9.08. The van der Waals surface area contributed by atoms with Crippen molar-refractivity contribution in [3.63, 3.8) is 0 Å². The standard InChI is InChI=1S/C17H19NO4S/c1-23(20,21)16-9-7-14(8-10-16)11-12-18-17(19)22-13-15-5-3-2-4-6-15/h2-10H,11-13H2,1H3,(H,18,19). The van der Waals surface area contributed by atoms with E-state index < -0.39 is 15.9 Å². The summed E-state index contributed by atoms with van der Waals surface area (Å²) in [6.45, 7) is 0.654. The van der Waals surface area contributed by atoms with Crippen LogP contribution in [0.3, 0.4) is 0 Å². The molecule has 2 aromatic carbocycles. The number of ether oxygens (including phenoxy) is 1. The van der Waals surface area contributed by atoms with Crippen molar-refractivity contribution >= 4 is 15.9 Å². The molecule has 0 atom stereocenters. The summed E-state index contributed by atoms with van der Waals surface area (Å²) in [5.74, 6) is 0. The largest absolute Gasteiger partial charge is 0.445 e. The highest BCUT2D eigenvalue weighted by atomic mass is 32.2. The topological polar surface area (TPSA) is 72.5 Å². The molecular weight excluding hydrogens is 314 g/mol. The fourth-order valence-corrected chi connectivity index (χ4v) is 2.62. The highest BCUT2D eigenvalue weighted by Crippen LogP contribution is 2.10. The Morgan fingerprint density at radius 3 is 2.26 bits per heavy atom. The van der Waals surface area contributed by atoms with E-state index in [1.807, 2.05) is 30.3 Å². The maximum absolute atomic E-state index is 11.6. The Bertz CT molecular complexity index is 740. The van der Waals surface area contributed by atoms with Crippen molar-refractivity contribution in [2.24, 2.45) is 0 Å². The number of carbonyl (C=O) groups is 1. The van der Waals surface area contributed by atoms with Crippen LogP contribution in [0.4, 0.5) is 4.79 Å². The second-order valence-electron chi connectivity index (χ2n) is 5.15. The molecule has 0 radical (unpaired) electrons. The van der Waals surface area contributed by atoms with E-state index in [4.69, 9.17) is 4.74 Å². The Hall–Kier alpha value is -2.34. The van der Waals surface area contributed by atoms with Gasteiger partial charge in [0.15, 0.2) is 9.84 Å². The summed E-state index contributed by atoms with van der Waals surface area (Å²) in [4.78, 5) is 11.9. The van der Waals surface area contributed by atoms with Gasteiger partial charge in [-0.1, -0.05) is 42.5 Å². The van der Waals surface area contributed by atoms with Crippen LogP contribution in [-0.4, -0.2) is 27.3 Å². The minimum absolute atomic E-state index is 0.232. The molecule has 0 bridgehead atoms. The number of carbonyl (C=O) groups excluding carboxylic acids is 1. The van der Waals surface area contributed by atoms with Crippen LogP contribution < -0.4 is 5.32 Å². The summed E-state index contributed by atoms with van der Waals surface area (Å²) in [6, 6.07) is 16.1. The number of hydrogen-bond acceptors (Lipinski definition) is 4. The van der Waals surface area contributed by atoms with E-state index in [0.29, 0.717) is 13.0 Å². The van der Waals surface area contributed by atoms with Crippen LogP contribution in [0.25, 0.3) is 0 Å². The Morgan fingerprint density at radius 1 is 1.00 bits per heavy atom. The predicted octanol–water partition coefficient (Wildman–Crippen LogP) is 2.56. The number of nitrogens with one attached hydrogen (secondary N) is 1. The zero-order valence-corrected chi connectivity index (χ0v) is 13.7. The number of rotatable bonds is 6. The molecule has 0 spiro atoms. The summed E-state index contributed by atoms with van der Waals surface area (Å²) in [5, 5.41) is 2.67. The molecule has 0 aliphatic rings. The summed E-state index contributed by atoms with van der Waals surface area (Å²) >= 11 is 0. The van der Waals surface area contributed by atoms with Crippen LogP contribution in [-0.2, 0) is 27.6 Å². The molecule has 0 unspecified atom stereocenters. The van der Waals surface area contributed by atoms with Crippen molar-refractivity contribution in [1.29, 1.82) is 0 Å². The van der Waals surface area contributed by atoms with E-state index in [1.165, 1.54) is 6.26 Å². The predicted molar refractivity (Wildman–Crippen MR) is 87.9 cm³/mol. The molecule has 6 heteroatoms. The van der Waals surface area contributed by atoms with Gasteiger partial charge in [0.25, 0.3) is 0 Å². The van der Waals surface area contributed by atoms with Gasteiger partial charge in [0, 0.05) is 12.8 Å². The maximum Gasteiger partial charge on any atom is 0.407 e. The van der Waals surface area contributed by atoms with E-state index >= 15 is 0 Å². The molecule has 2 aromatic rings. The highest BCUT2D eigenvalue weighted by Gasteiger charge is 2.06. The molecule has 0 saturated carbocycles. The third kappa shape index (κ3) is 5.75. The van der Waals surface area contributed by atoms with Gasteiger partial charge in [-0.05, 0) is 29.7 Å². The van der Waals surface area contributed by atoms with Crippen molar-refractivity contribution in [3.8, 4) is 0 Å². The van der Waals surface area contributed by atoms with Crippen LogP contribution in [0.2, 0.25) is 0 Å². The second kappa shape index (κ2) is 7.78. The minimum Gasteiger partial charge on any atom is -0.445 e. The lowest BCUT2D eigenvalue weighted by atomic mass is 10.1. The number of benzene rings is 2. The number of alkyl carbamates (subject to hydrolysis) is 1. The molecule has 1 N–H and O–H groups in total. The van der Waals surface area contributed by atoms with Gasteiger partial charge >= 0.3 is 6.09 Å². The highest BCUT2D eigenvalue weighted by molar-refractivity contribution is 7.90. The molecule has 23 heavy (non-hydrogen) atoms. The van der Waals surface area contributed by atoms with Crippen molar-refractivity contribution < 1.29 is 17.9 Å². The minimum atomic E-state index is -3.18. The first-order chi connectivity index (χ1) is 10.9. The summed E-state index contributed by atoms with van der Waals surface area (Å²) < 4.78 is 27.8. The van der Waals surface area contributed by atoms with Crippen molar-refractivity contribution in [3.05, 3.63) is 65.7 Å². The van der Waals surface area contributed by atoms with Gasteiger partial charge in [-0.15, -0.1) is 0 Å². The zero-order chi connectivity index (χ0) is 16.7. The van der Waals surface area contributed by atoms with E-state index in [0.717, 1.165) is 11.1 Å². The normalized spacial score (nSPS) is 11.0. The molecule has 0 aliphatic carbocycles. The first kappa shape index (κ1) is 17.0. The van der Waals surface area contributed by atoms with Gasteiger partial charge in [0.2, 0.25) is 0 Å². The molecule has 0 saturated heterocycles. The molecule has 122 valence electrons. The van der Waals surface area contributed by atoms with Crippen LogP contribution >= 0.6 is 0 Å². The van der Waals surface area contributed by atoms with Gasteiger partial charge in [-0.3, -0.25) is 0 Å². The van der Waals surface area contributed by atoms with Gasteiger partial charge in [0.05, 0.1) is 4.90 Å². The lowest BCUT2D eigenvalue weighted by Crippen LogP contribution is -2.26. The lowest BCUT2D eigenvalue weighted by molar-refractivity contribution is 0.140. The fourth-order valence-electron chi connectivity index (χ4n) is 1.99. The van der Waals surface area contributed by atoms with Gasteiger partial charge in [-0.2, -0.15) is 0 Å². The smallest absolute Gasteiger partial charge is 0.407 e. The Morgan fingerprint density at radius 2 is 1.65 bits per heavy atom. The molecule has 0 heterocycles. The first-order valence-electron chi connectivity index (χ1n) is 7.19. The number of amides is 1. The summed E-state index contributed by atoms with van der Waals surface area (Å²) in [5.41, 5.74) is 1.87. The lowest BCUT2D eigenvalue weighted by Gasteiger charge is -2.07. The third-order valence-corrected chi connectivity index (χ3v) is 4.38. The molecule has 2 rings (SSSR count). The average Bonchev–Trinajstić information content (AvgIpc) is 2.53. The van der Waals surface area contributed by atoms with Crippen LogP contribution in [0, 0.1) is 0 Å². The van der Waals surface area contributed by atoms with E-state index in [9.17, 15) is 13.2 Å². The van der Waals surface area contributed by atoms with Crippen LogP contribution in [0.15, 0.2) is 59.5 Å². The van der Waals surface area contributed by atoms with Gasteiger partial charge in [-0.25, -0.2) is 13.2 Å². The molecule has 0 aliphatic heterocycles. The van der Waals surface area contributed by atoms with E-state index in [-0.39, 0.29) is 11.5 Å². The monoisotopic (exact) mass is 333 g/mol. The summed E-state index contributed by atoms with van der Waals surface area (Å²) in [7, 11) is -3.18. The zero-order valence-electron chi connectivity index (χ0n) is 12.9. The average molecular weight is 333 g/mol. The van der Waals surface area contributed by atoms with E-state index in [1.54, 1.807) is 24.3 Å². The Balaban J connectivity index is 1.73. The molecule has 5 nitrogen and oxygen atoms in total. The fraction of sp³-hybridized carbons (Fsp3) is 0.235. The second-order valence-corrected chi connectivity index (χ2v) is 7.17. The SMILES string of the molecule is CS(=O)(=O)c1ccc(CCNC(=O)OCc2ccccc2)cc1.